The van der Waals surface area contributed by atoms with E-state index in [1.807, 2.05) is 49.4 Å². The number of carbonyl (C=O) groups excluding carboxylic acids is 1. The van der Waals surface area contributed by atoms with E-state index in [1.54, 1.807) is 11.0 Å². The van der Waals surface area contributed by atoms with Crippen LogP contribution in [0.1, 0.15) is 25.6 Å². The monoisotopic (exact) mass is 512 g/mol. The van der Waals surface area contributed by atoms with Crippen molar-refractivity contribution in [3.63, 3.8) is 0 Å². The number of ether oxygens (including phenoxy) is 2. The standard InChI is InChI=1S/C23H21BrN4O3S/c1-4-12-32-23-25-21-20(26-27-23)16-8-6-7-9-19(16)28(14(3)29)22(31-21)17-13-15(30-5-2)10-11-18(17)24/h4,6-11,13,22H,1,5,12H2,2-3H3/t22-/m1/s1. The first-order valence-electron chi connectivity index (χ1n) is 10.00. The Balaban J connectivity index is 1.92. The Kier molecular flexibility index (Phi) is 6.76. The van der Waals surface area contributed by atoms with Gasteiger partial charge in [-0.2, -0.15) is 4.98 Å². The summed E-state index contributed by atoms with van der Waals surface area (Å²) >= 11 is 5.02. The number of hydrogen-bond acceptors (Lipinski definition) is 7. The number of thioether (sulfide) groups is 1. The molecule has 9 heteroatoms. The summed E-state index contributed by atoms with van der Waals surface area (Å²) in [4.78, 5) is 19.1. The van der Waals surface area contributed by atoms with Crippen molar-refractivity contribution in [3.05, 3.63) is 65.2 Å². The van der Waals surface area contributed by atoms with Gasteiger partial charge in [-0.15, -0.1) is 16.8 Å². The molecule has 0 bridgehead atoms. The highest BCUT2D eigenvalue weighted by Gasteiger charge is 2.35. The zero-order valence-electron chi connectivity index (χ0n) is 17.6. The number of nitrogens with zero attached hydrogens (tertiary/aromatic N) is 4. The number of amides is 1. The van der Waals surface area contributed by atoms with E-state index in [0.717, 1.165) is 15.6 Å². The summed E-state index contributed by atoms with van der Waals surface area (Å²) in [5, 5.41) is 9.10. The highest BCUT2D eigenvalue weighted by Crippen LogP contribution is 2.45. The van der Waals surface area contributed by atoms with Crippen LogP contribution < -0.4 is 14.4 Å². The first kappa shape index (κ1) is 22.3. The lowest BCUT2D eigenvalue weighted by atomic mass is 10.1. The summed E-state index contributed by atoms with van der Waals surface area (Å²) < 4.78 is 12.9. The predicted octanol–water partition coefficient (Wildman–Crippen LogP) is 5.42. The van der Waals surface area contributed by atoms with E-state index < -0.39 is 6.23 Å². The maximum atomic E-state index is 12.9. The fraction of sp³-hybridized carbons (Fsp3) is 0.217. The Labute approximate surface area is 199 Å². The summed E-state index contributed by atoms with van der Waals surface area (Å²) in [6.45, 7) is 7.68. The van der Waals surface area contributed by atoms with Crippen LogP contribution in [-0.4, -0.2) is 33.4 Å². The second-order valence-corrected chi connectivity index (χ2v) is 8.68. The van der Waals surface area contributed by atoms with Gasteiger partial charge in [-0.3, -0.25) is 9.69 Å². The molecule has 0 aliphatic carbocycles. The minimum atomic E-state index is -0.793. The van der Waals surface area contributed by atoms with Crippen molar-refractivity contribution in [1.29, 1.82) is 0 Å². The molecule has 2 heterocycles. The lowest BCUT2D eigenvalue weighted by molar-refractivity contribution is -0.118. The van der Waals surface area contributed by atoms with Crippen molar-refractivity contribution in [3.8, 4) is 22.9 Å². The van der Waals surface area contributed by atoms with Gasteiger partial charge in [0.05, 0.1) is 12.3 Å². The van der Waals surface area contributed by atoms with Crippen LogP contribution in [0.15, 0.2) is 64.7 Å². The molecule has 0 fully saturated rings. The number of rotatable bonds is 6. The summed E-state index contributed by atoms with van der Waals surface area (Å²) in [6, 6.07) is 13.1. The van der Waals surface area contributed by atoms with Gasteiger partial charge in [0, 0.05) is 28.3 Å². The smallest absolute Gasteiger partial charge is 0.247 e. The summed E-state index contributed by atoms with van der Waals surface area (Å²) in [7, 11) is 0. The molecule has 2 aromatic carbocycles. The number of fused-ring (bicyclic) bond motifs is 3. The molecule has 0 radical (unpaired) electrons. The quantitative estimate of drug-likeness (QED) is 0.322. The van der Waals surface area contributed by atoms with Gasteiger partial charge in [-0.05, 0) is 31.2 Å². The minimum Gasteiger partial charge on any atom is -0.494 e. The van der Waals surface area contributed by atoms with Crippen LogP contribution in [0, 0.1) is 0 Å². The molecule has 164 valence electrons. The second kappa shape index (κ2) is 9.70. The predicted molar refractivity (Wildman–Crippen MR) is 128 cm³/mol. The number of hydrogen-bond donors (Lipinski definition) is 0. The lowest BCUT2D eigenvalue weighted by Crippen LogP contribution is -2.36. The maximum Gasteiger partial charge on any atom is 0.247 e. The van der Waals surface area contributed by atoms with Gasteiger partial charge < -0.3 is 9.47 Å². The van der Waals surface area contributed by atoms with Crippen molar-refractivity contribution < 1.29 is 14.3 Å². The zero-order chi connectivity index (χ0) is 22.7. The summed E-state index contributed by atoms with van der Waals surface area (Å²) in [5.74, 6) is 1.44. The molecular weight excluding hydrogens is 492 g/mol. The minimum absolute atomic E-state index is 0.182. The fourth-order valence-electron chi connectivity index (χ4n) is 3.42. The second-order valence-electron chi connectivity index (χ2n) is 6.84. The molecule has 1 amide bonds. The molecule has 1 aliphatic heterocycles. The number of halogens is 1. The third-order valence-corrected chi connectivity index (χ3v) is 6.28. The Hall–Kier alpha value is -2.91. The van der Waals surface area contributed by atoms with Gasteiger partial charge in [0.2, 0.25) is 23.2 Å². The van der Waals surface area contributed by atoms with E-state index in [0.29, 0.717) is 40.5 Å². The van der Waals surface area contributed by atoms with Crippen molar-refractivity contribution >= 4 is 39.3 Å². The van der Waals surface area contributed by atoms with Crippen molar-refractivity contribution in [1.82, 2.24) is 15.2 Å². The number of aromatic nitrogens is 3. The van der Waals surface area contributed by atoms with Crippen LogP contribution in [0.4, 0.5) is 5.69 Å². The third-order valence-electron chi connectivity index (χ3n) is 4.73. The molecule has 1 atom stereocenters. The molecule has 32 heavy (non-hydrogen) atoms. The van der Waals surface area contributed by atoms with Crippen LogP contribution in [0.3, 0.4) is 0 Å². The van der Waals surface area contributed by atoms with E-state index in [2.05, 4.69) is 37.7 Å². The highest BCUT2D eigenvalue weighted by atomic mass is 79.9. The fourth-order valence-corrected chi connectivity index (χ4v) is 4.37. The average molecular weight is 513 g/mol. The molecule has 7 nitrogen and oxygen atoms in total. The van der Waals surface area contributed by atoms with E-state index in [9.17, 15) is 4.79 Å². The lowest BCUT2D eigenvalue weighted by Gasteiger charge is -2.30. The molecular formula is C23H21BrN4O3S. The van der Waals surface area contributed by atoms with Crippen LogP contribution in [0.2, 0.25) is 0 Å². The topological polar surface area (TPSA) is 77.4 Å². The van der Waals surface area contributed by atoms with Crippen molar-refractivity contribution in [2.24, 2.45) is 0 Å². The summed E-state index contributed by atoms with van der Waals surface area (Å²) in [6.07, 6.45) is 0.977. The molecule has 1 aliphatic rings. The molecule has 0 saturated carbocycles. The molecule has 0 saturated heterocycles. The van der Waals surface area contributed by atoms with Gasteiger partial charge in [-0.1, -0.05) is 52.0 Å². The third kappa shape index (κ3) is 4.35. The van der Waals surface area contributed by atoms with E-state index in [4.69, 9.17) is 9.47 Å². The first-order valence-corrected chi connectivity index (χ1v) is 11.8. The number of para-hydroxylation sites is 1. The first-order chi connectivity index (χ1) is 15.5. The van der Waals surface area contributed by atoms with Crippen molar-refractivity contribution in [2.45, 2.75) is 25.2 Å². The Morgan fingerprint density at radius 3 is 2.88 bits per heavy atom. The largest absolute Gasteiger partial charge is 0.494 e. The summed E-state index contributed by atoms with van der Waals surface area (Å²) in [5.41, 5.74) is 2.60. The number of benzene rings is 2. The Bertz CT molecular complexity index is 1170. The molecule has 1 aromatic heterocycles. The van der Waals surface area contributed by atoms with E-state index >= 15 is 0 Å². The maximum absolute atomic E-state index is 12.9. The van der Waals surface area contributed by atoms with Crippen LogP contribution in [-0.2, 0) is 4.79 Å². The molecule has 4 rings (SSSR count). The highest BCUT2D eigenvalue weighted by molar-refractivity contribution is 9.10. The number of carbonyl (C=O) groups is 1. The SMILES string of the molecule is C=CCSc1nnc2c(n1)O[C@H](c1cc(OCC)ccc1Br)N(C(C)=O)c1ccccc1-2. The van der Waals surface area contributed by atoms with Gasteiger partial charge >= 0.3 is 0 Å². The normalized spacial score (nSPS) is 14.6. The van der Waals surface area contributed by atoms with Crippen LogP contribution >= 0.6 is 27.7 Å². The van der Waals surface area contributed by atoms with Gasteiger partial charge in [-0.25, -0.2) is 0 Å². The van der Waals surface area contributed by atoms with Crippen LogP contribution in [0.25, 0.3) is 11.3 Å². The van der Waals surface area contributed by atoms with Gasteiger partial charge in [0.25, 0.3) is 0 Å². The van der Waals surface area contributed by atoms with Gasteiger partial charge in [0.1, 0.15) is 5.75 Å². The van der Waals surface area contributed by atoms with E-state index in [1.165, 1.54) is 18.7 Å². The number of anilines is 1. The molecule has 3 aromatic rings. The molecule has 0 N–H and O–H groups in total. The average Bonchev–Trinajstić information content (AvgIpc) is 2.93. The van der Waals surface area contributed by atoms with Gasteiger partial charge in [0.15, 0.2) is 5.69 Å². The zero-order valence-corrected chi connectivity index (χ0v) is 20.0. The van der Waals surface area contributed by atoms with Crippen molar-refractivity contribution in [2.75, 3.05) is 17.3 Å². The Morgan fingerprint density at radius 2 is 2.12 bits per heavy atom. The van der Waals surface area contributed by atoms with Crippen LogP contribution in [0.5, 0.6) is 11.6 Å². The molecule has 0 spiro atoms. The molecule has 0 unspecified atom stereocenters. The Morgan fingerprint density at radius 1 is 1.31 bits per heavy atom. The van der Waals surface area contributed by atoms with E-state index in [-0.39, 0.29) is 5.91 Å².